The number of aliphatic hydroxyl groups excluding tert-OH is 2. The number of phenols is 1. The summed E-state index contributed by atoms with van der Waals surface area (Å²) < 4.78 is 18.7. The highest BCUT2D eigenvalue weighted by atomic mass is 16.7. The number of aliphatic hydroxyl groups is 2. The molecule has 6 aliphatic heterocycles. The number of likely N-dealkylation sites (tertiary alicyclic amines) is 2. The first-order valence-corrected chi connectivity index (χ1v) is 25.7. The van der Waals surface area contributed by atoms with Gasteiger partial charge in [-0.15, -0.1) is 6.58 Å². The fourth-order valence-electron chi connectivity index (χ4n) is 11.2. The predicted octanol–water partition coefficient (Wildman–Crippen LogP) is 5.23. The van der Waals surface area contributed by atoms with Gasteiger partial charge in [0.1, 0.15) is 35.4 Å². The minimum absolute atomic E-state index is 0.00177. The molecule has 17 nitrogen and oxygen atoms in total. The number of carbonyl (C=O) groups excluding carboxylic acids is 5. The van der Waals surface area contributed by atoms with Crippen molar-refractivity contribution >= 4 is 35.1 Å². The van der Waals surface area contributed by atoms with E-state index in [1.54, 1.807) is 65.0 Å². The molecule has 1 aromatic carbocycles. The maximum Gasteiger partial charge on any atom is 0.315 e. The molecule has 6 N–H and O–H groups in total. The molecule has 7 aliphatic rings. The third-order valence-corrected chi connectivity index (χ3v) is 15.7. The van der Waals surface area contributed by atoms with Crippen LogP contribution in [0.4, 0.5) is 0 Å². The number of phenolic OH excluding ortho intramolecular Hbond substituents is 1. The van der Waals surface area contributed by atoms with Crippen LogP contribution in [0.3, 0.4) is 0 Å². The molecular formula is C55H76N6O11. The van der Waals surface area contributed by atoms with E-state index >= 15 is 0 Å². The predicted molar refractivity (Wildman–Crippen MR) is 272 cm³/mol. The van der Waals surface area contributed by atoms with Crippen LogP contribution < -0.4 is 20.7 Å². The first kappa shape index (κ1) is 54.2. The zero-order valence-electron chi connectivity index (χ0n) is 43.7. The highest BCUT2D eigenvalue weighted by molar-refractivity contribution is 6.34. The molecule has 0 aromatic heterocycles. The molecule has 392 valence electrons. The number of carbonyl (C=O) groups is 5. The number of benzene rings is 1. The van der Waals surface area contributed by atoms with Crippen LogP contribution in [0, 0.1) is 48.3 Å². The summed E-state index contributed by atoms with van der Waals surface area (Å²) in [5.74, 6) is -8.24. The number of nitrogens with one attached hydrogen (secondary N) is 3. The lowest BCUT2D eigenvalue weighted by Gasteiger charge is -2.38. The van der Waals surface area contributed by atoms with Gasteiger partial charge < -0.3 is 55.3 Å². The highest BCUT2D eigenvalue weighted by Crippen LogP contribution is 2.50. The molecule has 10 atom stereocenters. The van der Waals surface area contributed by atoms with E-state index in [2.05, 4.69) is 46.2 Å². The Bertz CT molecular complexity index is 2480. The number of rotatable bonds is 8. The van der Waals surface area contributed by atoms with Crippen LogP contribution in [0.15, 0.2) is 65.2 Å². The van der Waals surface area contributed by atoms with Crippen LogP contribution in [0.1, 0.15) is 119 Å². The van der Waals surface area contributed by atoms with E-state index in [1.807, 2.05) is 7.05 Å². The highest BCUT2D eigenvalue weighted by Gasteiger charge is 2.54. The lowest BCUT2D eigenvalue weighted by molar-refractivity contribution is -0.162. The SMILES string of the molecule is C=C[C@H]1/C=C/O[C@@]2(C)Oc3c(C)c(O)c4c(c3C2=O)C2=NC3(CCN(CC(C)C)CC3)NC2=C(NC(=O)/C(C)=C\C=C\[C@H](C)[C@H](O)[C@@H](C)[C@@H](O)[C@@H](C)[C@H](OC(=O)CC(=O)NCC2CCCN(C)C2)[C@@H]1C)C4=O. The number of esters is 1. The van der Waals surface area contributed by atoms with Crippen molar-refractivity contribution in [3.05, 3.63) is 82.4 Å². The van der Waals surface area contributed by atoms with E-state index in [0.29, 0.717) is 38.4 Å². The third kappa shape index (κ3) is 11.0. The number of Topliss-reactive ketones (excluding diaryl/α,β-unsaturated/α-hetero) is 2. The Kier molecular flexibility index (Phi) is 16.4. The fourth-order valence-corrected chi connectivity index (χ4v) is 11.2. The van der Waals surface area contributed by atoms with Gasteiger partial charge in [0.2, 0.25) is 11.7 Å². The summed E-state index contributed by atoms with van der Waals surface area (Å²) in [7, 11) is 2.04. The molecule has 0 radical (unpaired) electrons. The van der Waals surface area contributed by atoms with Gasteiger partial charge in [0.05, 0.1) is 41.0 Å². The van der Waals surface area contributed by atoms with E-state index in [0.717, 1.165) is 32.5 Å². The van der Waals surface area contributed by atoms with Crippen molar-refractivity contribution in [2.24, 2.45) is 46.4 Å². The van der Waals surface area contributed by atoms with Gasteiger partial charge in [0.25, 0.3) is 11.7 Å². The summed E-state index contributed by atoms with van der Waals surface area (Å²) in [5, 5.41) is 44.7. The van der Waals surface area contributed by atoms with E-state index < -0.39 is 101 Å². The number of ketones is 2. The monoisotopic (exact) mass is 997 g/mol. The smallest absolute Gasteiger partial charge is 0.315 e. The van der Waals surface area contributed by atoms with Crippen molar-refractivity contribution in [2.45, 2.75) is 124 Å². The standard InChI is InChI=1S/C55H76N6O11/c1-12-37-18-24-70-54(10)52(68)42-40-41(48(66)35(9)51(42)72-54)49(67)45(44-43(40)58-55(59-44)19-22-61(23-20-55)27-29(2)3)57-53(69)31(5)16-13-15-30(4)46(64)33(7)47(65)34(8)50(32(37)6)71-39(63)25-38(62)56-26-36-17-14-21-60(11)28-36/h12-13,15-16,18,24,29-30,32-34,36-37,46-47,50,59,64-66H,1,14,17,19-23,25-28H2,2-11H3,(H,56,62)(H,57,69)/b15-13+,24-18+,31-16-/t30-,32+,33+,34+,36?,37-,46-,47+,50+,54-/m0/s1. The van der Waals surface area contributed by atoms with Crippen molar-refractivity contribution in [3.63, 3.8) is 0 Å². The summed E-state index contributed by atoms with van der Waals surface area (Å²) in [6, 6.07) is 0. The molecule has 1 aliphatic carbocycles. The number of amides is 2. The number of aliphatic imine (C=N–C) groups is 1. The van der Waals surface area contributed by atoms with Gasteiger partial charge in [-0.1, -0.05) is 65.8 Å². The number of nitrogens with zero attached hydrogens (tertiary/aromatic N) is 3. The van der Waals surface area contributed by atoms with Gasteiger partial charge in [-0.05, 0) is 58.2 Å². The number of ether oxygens (including phenoxy) is 3. The fraction of sp³-hybridized carbons (Fsp3) is 0.600. The number of allylic oxidation sites excluding steroid dienone is 6. The molecule has 2 fully saturated rings. The Morgan fingerprint density at radius 3 is 2.38 bits per heavy atom. The van der Waals surface area contributed by atoms with E-state index in [1.165, 1.54) is 20.1 Å². The lowest BCUT2D eigenvalue weighted by Crippen LogP contribution is -2.50. The summed E-state index contributed by atoms with van der Waals surface area (Å²) >= 11 is 0. The summed E-state index contributed by atoms with van der Waals surface area (Å²) in [6.07, 6.45) is 8.63. The zero-order chi connectivity index (χ0) is 52.6. The van der Waals surface area contributed by atoms with Gasteiger partial charge >= 0.3 is 11.8 Å². The Morgan fingerprint density at radius 1 is 1.00 bits per heavy atom. The van der Waals surface area contributed by atoms with Gasteiger partial charge in [0, 0.05) is 98.8 Å². The van der Waals surface area contributed by atoms with Gasteiger partial charge in [-0.25, -0.2) is 0 Å². The van der Waals surface area contributed by atoms with Crippen molar-refractivity contribution in [2.75, 3.05) is 46.3 Å². The molecule has 2 amide bonds. The largest absolute Gasteiger partial charge is 0.507 e. The van der Waals surface area contributed by atoms with E-state index in [-0.39, 0.29) is 56.6 Å². The molecule has 1 unspecified atom stereocenters. The van der Waals surface area contributed by atoms with Crippen LogP contribution in [-0.2, 0) is 23.9 Å². The van der Waals surface area contributed by atoms with Crippen molar-refractivity contribution < 1.29 is 53.5 Å². The average Bonchev–Trinajstić information content (AvgIpc) is 3.84. The van der Waals surface area contributed by atoms with Gasteiger partial charge in [-0.2, -0.15) is 0 Å². The Morgan fingerprint density at radius 2 is 1.71 bits per heavy atom. The molecule has 5 bridgehead atoms. The molecule has 2 saturated heterocycles. The minimum Gasteiger partial charge on any atom is -0.507 e. The van der Waals surface area contributed by atoms with Crippen molar-refractivity contribution in [1.82, 2.24) is 25.8 Å². The van der Waals surface area contributed by atoms with Crippen LogP contribution >= 0.6 is 0 Å². The Labute approximate surface area is 423 Å². The summed E-state index contributed by atoms with van der Waals surface area (Å²) in [6.45, 7) is 24.5. The first-order valence-electron chi connectivity index (χ1n) is 25.7. The lowest BCUT2D eigenvalue weighted by atomic mass is 9.76. The molecule has 72 heavy (non-hydrogen) atoms. The molecule has 8 rings (SSSR count). The number of hydrogen-bond donors (Lipinski definition) is 6. The maximum absolute atomic E-state index is 14.9. The molecular weight excluding hydrogens is 921 g/mol. The molecule has 17 heteroatoms. The van der Waals surface area contributed by atoms with Crippen molar-refractivity contribution in [3.8, 4) is 11.5 Å². The summed E-state index contributed by atoms with van der Waals surface area (Å²) in [5.41, 5.74) is -0.325. The average molecular weight is 997 g/mol. The second-order valence-corrected chi connectivity index (χ2v) is 21.8. The number of fused-ring (bicyclic) bond motifs is 13. The van der Waals surface area contributed by atoms with Gasteiger partial charge in [-0.3, -0.25) is 29.0 Å². The van der Waals surface area contributed by atoms with Crippen LogP contribution in [0.2, 0.25) is 0 Å². The number of piperidine rings is 2. The minimum atomic E-state index is -2.00. The van der Waals surface area contributed by atoms with Crippen LogP contribution in [0.5, 0.6) is 11.5 Å². The topological polar surface area (TPSA) is 229 Å². The quantitative estimate of drug-likeness (QED) is 0.111. The molecule has 1 aromatic rings. The van der Waals surface area contributed by atoms with E-state index in [9.17, 15) is 39.3 Å². The Hall–Kier alpha value is -5.62. The number of aromatic hydroxyl groups is 1. The normalized spacial score (nSPS) is 32.9. The third-order valence-electron chi connectivity index (χ3n) is 15.7. The van der Waals surface area contributed by atoms with E-state index in [4.69, 9.17) is 19.2 Å². The maximum atomic E-state index is 14.9. The molecule has 1 spiro atoms. The van der Waals surface area contributed by atoms with Gasteiger partial charge in [0.15, 0.2) is 0 Å². The first-order chi connectivity index (χ1) is 34.0. The van der Waals surface area contributed by atoms with Crippen LogP contribution in [0.25, 0.3) is 0 Å². The zero-order valence-corrected chi connectivity index (χ0v) is 43.7. The van der Waals surface area contributed by atoms with Crippen LogP contribution in [-0.4, -0.2) is 136 Å². The Balaban J connectivity index is 1.25. The molecule has 0 saturated carbocycles. The second-order valence-electron chi connectivity index (χ2n) is 21.8. The second kappa shape index (κ2) is 21.8. The molecule has 6 heterocycles. The number of hydrogen-bond acceptors (Lipinski definition) is 15. The summed E-state index contributed by atoms with van der Waals surface area (Å²) in [4.78, 5) is 80.4. The van der Waals surface area contributed by atoms with Crippen molar-refractivity contribution in [1.29, 1.82) is 0 Å².